The number of hydrogen-bond donors (Lipinski definition) is 0. The molecule has 0 aliphatic carbocycles. The van der Waals surface area contributed by atoms with Crippen molar-refractivity contribution in [2.24, 2.45) is 5.10 Å². The van der Waals surface area contributed by atoms with Gasteiger partial charge in [0.25, 0.3) is 0 Å². The molecule has 1 atom stereocenters. The minimum atomic E-state index is -0.555. The number of nitriles is 1. The topological polar surface area (TPSA) is 79.6 Å². The van der Waals surface area contributed by atoms with E-state index in [0.717, 1.165) is 34.7 Å². The number of benzene rings is 3. The highest BCUT2D eigenvalue weighted by atomic mass is 19.1. The van der Waals surface area contributed by atoms with Crippen molar-refractivity contribution in [1.82, 2.24) is 0 Å². The lowest BCUT2D eigenvalue weighted by Gasteiger charge is -2.27. The third kappa shape index (κ3) is 7.69. The highest BCUT2D eigenvalue weighted by Gasteiger charge is 2.32. The number of anilines is 2. The lowest BCUT2D eigenvalue weighted by molar-refractivity contribution is 0.00206. The molecule has 2 aliphatic heterocycles. The van der Waals surface area contributed by atoms with Crippen LogP contribution in [0.1, 0.15) is 29.2 Å². The molecule has 8 nitrogen and oxygen atoms in total. The molecule has 0 aromatic heterocycles. The van der Waals surface area contributed by atoms with Crippen LogP contribution in [0.3, 0.4) is 0 Å². The van der Waals surface area contributed by atoms with Gasteiger partial charge < -0.3 is 23.8 Å². The Labute approximate surface area is 244 Å². The van der Waals surface area contributed by atoms with E-state index in [-0.39, 0.29) is 11.7 Å². The van der Waals surface area contributed by atoms with Gasteiger partial charge >= 0.3 is 0 Å². The maximum Gasteiger partial charge on any atom is 0.148 e. The minimum Gasteiger partial charge on any atom is -0.377 e. The van der Waals surface area contributed by atoms with E-state index in [1.54, 1.807) is 17.1 Å². The van der Waals surface area contributed by atoms with Gasteiger partial charge in [-0.15, -0.1) is 0 Å². The molecule has 1 fully saturated rings. The molecule has 220 valence electrons. The predicted molar refractivity (Wildman–Crippen MR) is 156 cm³/mol. The molecule has 5 rings (SSSR count). The van der Waals surface area contributed by atoms with Crippen LogP contribution in [-0.2, 0) is 18.9 Å². The van der Waals surface area contributed by atoms with E-state index in [1.165, 1.54) is 6.07 Å². The Morgan fingerprint density at radius 2 is 1.33 bits per heavy atom. The molecule has 0 spiro atoms. The van der Waals surface area contributed by atoms with Gasteiger partial charge in [0.2, 0.25) is 0 Å². The van der Waals surface area contributed by atoms with Gasteiger partial charge in [-0.05, 0) is 47.5 Å². The number of halogens is 2. The van der Waals surface area contributed by atoms with Gasteiger partial charge in [-0.3, -0.25) is 5.01 Å². The number of nitrogens with zero attached hydrogens (tertiary/aromatic N) is 4. The van der Waals surface area contributed by atoms with Gasteiger partial charge in [0.15, 0.2) is 0 Å². The van der Waals surface area contributed by atoms with E-state index in [9.17, 15) is 8.78 Å². The Morgan fingerprint density at radius 3 is 1.93 bits per heavy atom. The molecule has 2 aliphatic rings. The van der Waals surface area contributed by atoms with Crippen LogP contribution in [0.2, 0.25) is 0 Å². The van der Waals surface area contributed by atoms with Crippen LogP contribution in [-0.4, -0.2) is 71.7 Å². The molecule has 1 unspecified atom stereocenters. The minimum absolute atomic E-state index is 0.0700. The fourth-order valence-corrected chi connectivity index (χ4v) is 4.95. The standard InChI is InChI=1S/C32H34F2N4O4/c33-27-7-10-29(34)32(21-27)38-31(22-30(36-38)25-3-1-24(23-35)2-4-25)26-5-8-28(9-6-26)37-11-13-39-15-17-41-19-20-42-18-16-40-14-12-37/h1-10,21,31H,11-20,22H2. The van der Waals surface area contributed by atoms with Crippen LogP contribution in [0, 0.1) is 23.0 Å². The quantitative estimate of drug-likeness (QED) is 0.429. The van der Waals surface area contributed by atoms with E-state index < -0.39 is 11.6 Å². The summed E-state index contributed by atoms with van der Waals surface area (Å²) in [7, 11) is 0. The summed E-state index contributed by atoms with van der Waals surface area (Å²) in [6.45, 7) is 5.56. The molecule has 0 bridgehead atoms. The van der Waals surface area contributed by atoms with Gasteiger partial charge in [0, 0.05) is 31.3 Å². The third-order valence-electron chi connectivity index (χ3n) is 7.18. The molecule has 0 amide bonds. The average Bonchev–Trinajstić information content (AvgIpc) is 3.46. The zero-order valence-electron chi connectivity index (χ0n) is 23.4. The van der Waals surface area contributed by atoms with Crippen LogP contribution in [0.4, 0.5) is 20.2 Å². The van der Waals surface area contributed by atoms with Crippen molar-refractivity contribution in [2.45, 2.75) is 12.5 Å². The van der Waals surface area contributed by atoms with Crippen molar-refractivity contribution in [3.05, 3.63) is 95.1 Å². The zero-order valence-corrected chi connectivity index (χ0v) is 23.4. The summed E-state index contributed by atoms with van der Waals surface area (Å²) in [6.07, 6.45) is 0.483. The molecule has 42 heavy (non-hydrogen) atoms. The van der Waals surface area contributed by atoms with Crippen LogP contribution < -0.4 is 9.91 Å². The third-order valence-corrected chi connectivity index (χ3v) is 7.18. The fraction of sp³-hybridized carbons (Fsp3) is 0.375. The molecular formula is C32H34F2N4O4. The second-order valence-corrected chi connectivity index (χ2v) is 9.92. The van der Waals surface area contributed by atoms with E-state index in [2.05, 4.69) is 11.0 Å². The lowest BCUT2D eigenvalue weighted by atomic mass is 9.97. The van der Waals surface area contributed by atoms with Crippen molar-refractivity contribution < 1.29 is 27.7 Å². The highest BCUT2D eigenvalue weighted by Crippen LogP contribution is 2.38. The number of hydrogen-bond acceptors (Lipinski definition) is 8. The number of hydrazone groups is 1. The maximum atomic E-state index is 14.9. The lowest BCUT2D eigenvalue weighted by Crippen LogP contribution is -2.31. The summed E-state index contributed by atoms with van der Waals surface area (Å²) >= 11 is 0. The molecular weight excluding hydrogens is 542 g/mol. The van der Waals surface area contributed by atoms with E-state index in [1.807, 2.05) is 36.4 Å². The molecule has 3 aromatic rings. The predicted octanol–water partition coefficient (Wildman–Crippen LogP) is 5.08. The molecule has 1 saturated heterocycles. The smallest absolute Gasteiger partial charge is 0.148 e. The van der Waals surface area contributed by atoms with Crippen LogP contribution in [0.15, 0.2) is 71.8 Å². The number of rotatable bonds is 4. The van der Waals surface area contributed by atoms with Crippen LogP contribution in [0.5, 0.6) is 0 Å². The Balaban J connectivity index is 1.36. The summed E-state index contributed by atoms with van der Waals surface area (Å²) in [5.41, 5.74) is 4.07. The highest BCUT2D eigenvalue weighted by molar-refractivity contribution is 6.03. The Morgan fingerprint density at radius 1 is 0.738 bits per heavy atom. The van der Waals surface area contributed by atoms with E-state index >= 15 is 0 Å². The second-order valence-electron chi connectivity index (χ2n) is 9.92. The van der Waals surface area contributed by atoms with Crippen molar-refractivity contribution in [1.29, 1.82) is 5.26 Å². The van der Waals surface area contributed by atoms with Gasteiger partial charge in [0.1, 0.15) is 11.6 Å². The first kappa shape index (κ1) is 29.6. The summed E-state index contributed by atoms with van der Waals surface area (Å²) in [4.78, 5) is 2.20. The van der Waals surface area contributed by atoms with Crippen LogP contribution in [0.25, 0.3) is 0 Å². The largest absolute Gasteiger partial charge is 0.377 e. The summed E-state index contributed by atoms with van der Waals surface area (Å²) < 4.78 is 51.7. The second kappa shape index (κ2) is 14.8. The molecule has 2 heterocycles. The molecule has 0 saturated carbocycles. The van der Waals surface area contributed by atoms with Crippen LogP contribution >= 0.6 is 0 Å². The van der Waals surface area contributed by atoms with E-state index in [4.69, 9.17) is 29.3 Å². The normalized spacial score (nSPS) is 19.5. The van der Waals surface area contributed by atoms with E-state index in [0.29, 0.717) is 77.9 Å². The van der Waals surface area contributed by atoms with Crippen molar-refractivity contribution in [3.8, 4) is 6.07 Å². The summed E-state index contributed by atoms with van der Waals surface area (Å²) in [5, 5.41) is 15.5. The Bertz CT molecular complexity index is 1360. The molecule has 0 radical (unpaired) electrons. The first-order valence-corrected chi connectivity index (χ1v) is 14.1. The molecule has 0 N–H and O–H groups in total. The maximum absolute atomic E-state index is 14.9. The Hall–Kier alpha value is -3.88. The van der Waals surface area contributed by atoms with Crippen molar-refractivity contribution >= 4 is 17.1 Å². The van der Waals surface area contributed by atoms with Crippen molar-refractivity contribution in [2.75, 3.05) is 75.9 Å². The zero-order chi connectivity index (χ0) is 29.1. The van der Waals surface area contributed by atoms with Crippen molar-refractivity contribution in [3.63, 3.8) is 0 Å². The summed E-state index contributed by atoms with van der Waals surface area (Å²) in [5.74, 6) is -1.09. The van der Waals surface area contributed by atoms with Gasteiger partial charge in [0.05, 0.1) is 81.9 Å². The van der Waals surface area contributed by atoms with Gasteiger partial charge in [-0.25, -0.2) is 8.78 Å². The first-order chi connectivity index (χ1) is 20.6. The number of ether oxygens (including phenoxy) is 4. The van der Waals surface area contributed by atoms with Gasteiger partial charge in [-0.2, -0.15) is 10.4 Å². The summed E-state index contributed by atoms with van der Waals surface area (Å²) in [6, 6.07) is 20.3. The first-order valence-electron chi connectivity index (χ1n) is 14.1. The Kier molecular flexibility index (Phi) is 10.5. The fourth-order valence-electron chi connectivity index (χ4n) is 4.95. The SMILES string of the molecule is N#Cc1ccc(C2=NN(c3cc(F)ccc3F)C(c3ccc(N4CCOCCOCCOCCOCC4)cc3)C2)cc1. The average molecular weight is 577 g/mol. The van der Waals surface area contributed by atoms with Gasteiger partial charge in [-0.1, -0.05) is 24.3 Å². The molecule has 10 heteroatoms. The molecule has 3 aromatic carbocycles. The monoisotopic (exact) mass is 576 g/mol.